The van der Waals surface area contributed by atoms with Gasteiger partial charge in [-0.2, -0.15) is 0 Å². The summed E-state index contributed by atoms with van der Waals surface area (Å²) in [6.45, 7) is 5.52. The summed E-state index contributed by atoms with van der Waals surface area (Å²) < 4.78 is 5.71. The number of hydrogen-bond acceptors (Lipinski definition) is 5. The predicted octanol–water partition coefficient (Wildman–Crippen LogP) is 3.45. The summed E-state index contributed by atoms with van der Waals surface area (Å²) in [6, 6.07) is 8.79. The lowest BCUT2D eigenvalue weighted by Gasteiger charge is -2.26. The fourth-order valence-corrected chi connectivity index (χ4v) is 2.88. The summed E-state index contributed by atoms with van der Waals surface area (Å²) in [5.41, 5.74) is 0.119. The molecule has 4 amide bonds. The zero-order valence-electron chi connectivity index (χ0n) is 14.9. The van der Waals surface area contributed by atoms with Crippen molar-refractivity contribution in [3.63, 3.8) is 0 Å². The number of anilines is 2. The number of nitrogens with one attached hydrogen (secondary N) is 1. The minimum atomic E-state index is -0.812. The first-order chi connectivity index (χ1) is 12.9. The third kappa shape index (κ3) is 3.73. The van der Waals surface area contributed by atoms with Crippen LogP contribution in [-0.4, -0.2) is 30.9 Å². The summed E-state index contributed by atoms with van der Waals surface area (Å²) in [4.78, 5) is 40.0. The molecule has 0 spiro atoms. The van der Waals surface area contributed by atoms with Crippen molar-refractivity contribution in [3.8, 4) is 0 Å². The molecule has 0 saturated carbocycles. The molecule has 2 heterocycles. The van der Waals surface area contributed by atoms with Crippen molar-refractivity contribution in [2.75, 3.05) is 22.9 Å². The molecule has 7 nitrogen and oxygen atoms in total. The van der Waals surface area contributed by atoms with E-state index < -0.39 is 17.8 Å². The third-order valence-electron chi connectivity index (χ3n) is 4.16. The Morgan fingerprint density at radius 3 is 2.37 bits per heavy atom. The van der Waals surface area contributed by atoms with Gasteiger partial charge in [0.05, 0.1) is 5.69 Å². The van der Waals surface area contributed by atoms with Gasteiger partial charge in [0.25, 0.3) is 11.8 Å². The average Bonchev–Trinajstić information content (AvgIpc) is 3.10. The Morgan fingerprint density at radius 1 is 1.07 bits per heavy atom. The van der Waals surface area contributed by atoms with Gasteiger partial charge >= 0.3 is 6.03 Å². The normalized spacial score (nSPS) is 16.0. The van der Waals surface area contributed by atoms with E-state index in [0.29, 0.717) is 22.4 Å². The van der Waals surface area contributed by atoms with Crippen LogP contribution in [0.5, 0.6) is 0 Å². The molecule has 3 rings (SSSR count). The second-order valence-corrected chi connectivity index (χ2v) is 6.22. The highest BCUT2D eigenvalue weighted by atomic mass is 35.5. The van der Waals surface area contributed by atoms with Gasteiger partial charge in [0, 0.05) is 24.2 Å². The van der Waals surface area contributed by atoms with Gasteiger partial charge in [0.1, 0.15) is 11.3 Å². The molecular weight excluding hydrogens is 370 g/mol. The first-order valence-electron chi connectivity index (χ1n) is 8.46. The molecule has 8 heteroatoms. The lowest BCUT2D eigenvalue weighted by molar-refractivity contribution is -0.122. The molecule has 0 atom stereocenters. The van der Waals surface area contributed by atoms with Crippen molar-refractivity contribution >= 4 is 47.1 Å². The maximum atomic E-state index is 12.8. The van der Waals surface area contributed by atoms with Crippen LogP contribution in [0.15, 0.2) is 46.4 Å². The number of halogens is 1. The molecule has 1 aromatic carbocycles. The molecule has 1 aliphatic heterocycles. The standard InChI is InChI=1S/C19H18ClN3O4/c1-3-22(4-2)16-10-9-14(27-16)11-15-17(24)21-19(26)23(18(15)25)13-7-5-12(20)6-8-13/h5-11H,3-4H2,1-2H3,(H,21,24,26)/b15-11+. The summed E-state index contributed by atoms with van der Waals surface area (Å²) in [5.74, 6) is -0.509. The molecule has 2 aromatic rings. The first-order valence-corrected chi connectivity index (χ1v) is 8.84. The second-order valence-electron chi connectivity index (χ2n) is 5.78. The average molecular weight is 388 g/mol. The van der Waals surface area contributed by atoms with E-state index in [2.05, 4.69) is 5.32 Å². The van der Waals surface area contributed by atoms with E-state index in [1.807, 2.05) is 18.7 Å². The van der Waals surface area contributed by atoms with Gasteiger partial charge in [-0.3, -0.25) is 14.9 Å². The maximum absolute atomic E-state index is 12.8. The van der Waals surface area contributed by atoms with Gasteiger partial charge in [-0.15, -0.1) is 0 Å². The highest BCUT2D eigenvalue weighted by Gasteiger charge is 2.37. The number of urea groups is 1. The summed E-state index contributed by atoms with van der Waals surface area (Å²) in [6.07, 6.45) is 1.33. The molecule has 0 bridgehead atoms. The van der Waals surface area contributed by atoms with E-state index in [-0.39, 0.29) is 5.57 Å². The number of amides is 4. The van der Waals surface area contributed by atoms with Crippen LogP contribution in [0, 0.1) is 0 Å². The van der Waals surface area contributed by atoms with Gasteiger partial charge in [0.2, 0.25) is 0 Å². The number of benzene rings is 1. The third-order valence-corrected chi connectivity index (χ3v) is 4.41. The molecule has 140 valence electrons. The van der Waals surface area contributed by atoms with Gasteiger partial charge in [-0.25, -0.2) is 9.69 Å². The molecule has 1 aromatic heterocycles. The highest BCUT2D eigenvalue weighted by molar-refractivity contribution is 6.39. The lowest BCUT2D eigenvalue weighted by atomic mass is 10.1. The van der Waals surface area contributed by atoms with E-state index in [1.54, 1.807) is 24.3 Å². The van der Waals surface area contributed by atoms with Gasteiger partial charge in [0.15, 0.2) is 5.88 Å². The number of furan rings is 1. The highest BCUT2D eigenvalue weighted by Crippen LogP contribution is 2.25. The predicted molar refractivity (Wildman–Crippen MR) is 103 cm³/mol. The van der Waals surface area contributed by atoms with Crippen LogP contribution in [0.3, 0.4) is 0 Å². The Labute approximate surface area is 161 Å². The minimum Gasteiger partial charge on any atom is -0.441 e. The molecule has 27 heavy (non-hydrogen) atoms. The maximum Gasteiger partial charge on any atom is 0.335 e. The minimum absolute atomic E-state index is 0.190. The van der Waals surface area contributed by atoms with Crippen molar-refractivity contribution in [2.45, 2.75) is 13.8 Å². The zero-order valence-corrected chi connectivity index (χ0v) is 15.6. The van der Waals surface area contributed by atoms with Crippen LogP contribution < -0.4 is 15.1 Å². The van der Waals surface area contributed by atoms with E-state index in [1.165, 1.54) is 18.2 Å². The van der Waals surface area contributed by atoms with Gasteiger partial charge in [-0.05, 0) is 50.3 Å². The SMILES string of the molecule is CCN(CC)c1ccc(/C=C2\C(=O)NC(=O)N(c3ccc(Cl)cc3)C2=O)o1. The van der Waals surface area contributed by atoms with E-state index in [0.717, 1.165) is 18.0 Å². The topological polar surface area (TPSA) is 82.9 Å². The molecule has 0 aliphatic carbocycles. The van der Waals surface area contributed by atoms with Crippen molar-refractivity contribution in [3.05, 3.63) is 52.8 Å². The van der Waals surface area contributed by atoms with E-state index in [4.69, 9.17) is 16.0 Å². The van der Waals surface area contributed by atoms with Crippen LogP contribution in [0.2, 0.25) is 5.02 Å². The monoisotopic (exact) mass is 387 g/mol. The molecule has 1 fully saturated rings. The Morgan fingerprint density at radius 2 is 1.74 bits per heavy atom. The largest absolute Gasteiger partial charge is 0.441 e. The molecule has 0 unspecified atom stereocenters. The Kier molecular flexibility index (Phi) is 5.32. The van der Waals surface area contributed by atoms with E-state index in [9.17, 15) is 14.4 Å². The number of nitrogens with zero attached hydrogens (tertiary/aromatic N) is 2. The van der Waals surface area contributed by atoms with Crippen molar-refractivity contribution in [2.24, 2.45) is 0 Å². The fourth-order valence-electron chi connectivity index (χ4n) is 2.75. The second kappa shape index (κ2) is 7.67. The van der Waals surface area contributed by atoms with Gasteiger partial charge < -0.3 is 9.32 Å². The molecule has 1 N–H and O–H groups in total. The number of carbonyl (C=O) groups is 3. The van der Waals surface area contributed by atoms with Crippen LogP contribution >= 0.6 is 11.6 Å². The van der Waals surface area contributed by atoms with Crippen molar-refractivity contribution in [1.29, 1.82) is 0 Å². The first kappa shape index (κ1) is 18.7. The molecule has 0 radical (unpaired) electrons. The summed E-state index contributed by atoms with van der Waals surface area (Å²) in [7, 11) is 0. The molecular formula is C19H18ClN3O4. The number of hydrogen-bond donors (Lipinski definition) is 1. The smallest absolute Gasteiger partial charge is 0.335 e. The number of barbiturate groups is 1. The summed E-state index contributed by atoms with van der Waals surface area (Å²) in [5, 5.41) is 2.64. The van der Waals surface area contributed by atoms with E-state index >= 15 is 0 Å². The van der Waals surface area contributed by atoms with Crippen molar-refractivity contribution < 1.29 is 18.8 Å². The summed E-state index contributed by atoms with van der Waals surface area (Å²) >= 11 is 5.85. The lowest BCUT2D eigenvalue weighted by Crippen LogP contribution is -2.54. The Bertz CT molecular complexity index is 913. The van der Waals surface area contributed by atoms with Crippen LogP contribution in [0.4, 0.5) is 16.4 Å². The van der Waals surface area contributed by atoms with Gasteiger partial charge in [-0.1, -0.05) is 11.6 Å². The number of imide groups is 2. The fraction of sp³-hybridized carbons (Fsp3) is 0.211. The van der Waals surface area contributed by atoms with Crippen LogP contribution in [-0.2, 0) is 9.59 Å². The Hall–Kier alpha value is -3.06. The van der Waals surface area contributed by atoms with Crippen LogP contribution in [0.25, 0.3) is 6.08 Å². The molecule has 1 saturated heterocycles. The quantitative estimate of drug-likeness (QED) is 0.627. The number of carbonyl (C=O) groups excluding carboxylic acids is 3. The number of rotatable bonds is 5. The zero-order chi connectivity index (χ0) is 19.6. The van der Waals surface area contributed by atoms with Crippen molar-refractivity contribution in [1.82, 2.24) is 5.32 Å². The molecule has 1 aliphatic rings. The van der Waals surface area contributed by atoms with Crippen LogP contribution in [0.1, 0.15) is 19.6 Å². The Balaban J connectivity index is 1.93.